The zero-order valence-corrected chi connectivity index (χ0v) is 5.07. The van der Waals surface area contributed by atoms with Crippen LogP contribution < -0.4 is 0 Å². The number of azo groups is 1. The highest BCUT2D eigenvalue weighted by Gasteiger charge is 2.18. The lowest BCUT2D eigenvalue weighted by Crippen LogP contribution is -2.11. The molecule has 0 saturated heterocycles. The maximum Gasteiger partial charge on any atom is 0.388 e. The number of aliphatic imine (C=N–C) groups is 1. The molecule has 6 heteroatoms. The molecule has 2 amide bonds. The Labute approximate surface area is 55.6 Å². The molecule has 0 aromatic rings. The van der Waals surface area contributed by atoms with Crippen molar-refractivity contribution in [1.29, 1.82) is 0 Å². The largest absolute Gasteiger partial charge is 0.463 e. The molecule has 0 saturated carbocycles. The third-order valence-electron chi connectivity index (χ3n) is 0.800. The van der Waals surface area contributed by atoms with Gasteiger partial charge in [0.05, 0.1) is 7.11 Å². The molecule has 52 valence electrons. The average Bonchev–Trinajstić information content (AvgIpc) is 2.34. The Bertz CT molecular complexity index is 242. The van der Waals surface area contributed by atoms with Gasteiger partial charge in [-0.25, -0.2) is 9.59 Å². The molecule has 0 radical (unpaired) electrons. The van der Waals surface area contributed by atoms with Crippen LogP contribution in [-0.2, 0) is 9.53 Å². The average molecular weight is 141 g/mol. The Kier molecular flexibility index (Phi) is 1.53. The molecule has 0 spiro atoms. The number of urea groups is 1. The summed E-state index contributed by atoms with van der Waals surface area (Å²) in [6.07, 6.45) is 0. The maximum atomic E-state index is 10.5. The molecule has 1 aliphatic heterocycles. The zero-order valence-electron chi connectivity index (χ0n) is 5.07. The Morgan fingerprint density at radius 3 is 2.60 bits per heavy atom. The summed E-state index contributed by atoms with van der Waals surface area (Å²) < 4.78 is 4.21. The number of carbonyl (C=O) groups excluding carboxylic acids is 2. The van der Waals surface area contributed by atoms with E-state index in [0.717, 1.165) is 0 Å². The first kappa shape index (κ1) is 6.53. The monoisotopic (exact) mass is 141 g/mol. The molecule has 0 aromatic heterocycles. The van der Waals surface area contributed by atoms with Crippen LogP contribution >= 0.6 is 0 Å². The van der Waals surface area contributed by atoms with Gasteiger partial charge in [-0.05, 0) is 0 Å². The number of rotatable bonds is 1. The summed E-state index contributed by atoms with van der Waals surface area (Å²) in [5.41, 5.74) is 0. The van der Waals surface area contributed by atoms with E-state index in [1.165, 1.54) is 7.11 Å². The Morgan fingerprint density at radius 1 is 1.50 bits per heavy atom. The number of amidine groups is 1. The summed E-state index contributed by atoms with van der Waals surface area (Å²) in [6, 6.07) is -0.777. The fourth-order valence-electron chi connectivity index (χ4n) is 0.403. The number of nitrogens with zero attached hydrogens (tertiary/aromatic N) is 3. The van der Waals surface area contributed by atoms with Crippen molar-refractivity contribution in [3.05, 3.63) is 0 Å². The van der Waals surface area contributed by atoms with Crippen LogP contribution in [0.5, 0.6) is 0 Å². The molecule has 0 fully saturated rings. The van der Waals surface area contributed by atoms with Crippen molar-refractivity contribution in [2.45, 2.75) is 0 Å². The van der Waals surface area contributed by atoms with Crippen molar-refractivity contribution in [3.63, 3.8) is 0 Å². The van der Waals surface area contributed by atoms with Crippen molar-refractivity contribution < 1.29 is 14.3 Å². The quantitative estimate of drug-likeness (QED) is 0.487. The fourth-order valence-corrected chi connectivity index (χ4v) is 0.403. The molecule has 0 aromatic carbocycles. The highest BCUT2D eigenvalue weighted by atomic mass is 16.5. The number of hydrogen-bond donors (Lipinski definition) is 0. The van der Waals surface area contributed by atoms with Crippen LogP contribution in [0.2, 0.25) is 0 Å². The van der Waals surface area contributed by atoms with E-state index in [4.69, 9.17) is 0 Å². The summed E-state index contributed by atoms with van der Waals surface area (Å²) in [6.45, 7) is 0. The lowest BCUT2D eigenvalue weighted by Gasteiger charge is -1.88. The van der Waals surface area contributed by atoms with Crippen LogP contribution in [-0.4, -0.2) is 24.9 Å². The van der Waals surface area contributed by atoms with Crippen molar-refractivity contribution in [2.24, 2.45) is 15.2 Å². The second-order valence-electron chi connectivity index (χ2n) is 1.41. The fraction of sp³-hybridized carbons (Fsp3) is 0.250. The van der Waals surface area contributed by atoms with Crippen molar-refractivity contribution in [2.75, 3.05) is 7.11 Å². The SMILES string of the molecule is COC(=O)C1=NC(=O)N=N1. The second kappa shape index (κ2) is 2.34. The topological polar surface area (TPSA) is 80.5 Å². The van der Waals surface area contributed by atoms with Gasteiger partial charge in [0, 0.05) is 0 Å². The molecule has 1 heterocycles. The zero-order chi connectivity index (χ0) is 7.56. The lowest BCUT2D eigenvalue weighted by atomic mass is 10.6. The second-order valence-corrected chi connectivity index (χ2v) is 1.41. The number of ether oxygens (including phenoxy) is 1. The van der Waals surface area contributed by atoms with Crippen LogP contribution in [0, 0.1) is 0 Å². The van der Waals surface area contributed by atoms with Crippen LogP contribution in [0.4, 0.5) is 4.79 Å². The summed E-state index contributed by atoms with van der Waals surface area (Å²) >= 11 is 0. The molecule has 0 aliphatic carbocycles. The van der Waals surface area contributed by atoms with Crippen LogP contribution in [0.25, 0.3) is 0 Å². The van der Waals surface area contributed by atoms with E-state index in [1.54, 1.807) is 0 Å². The Balaban J connectivity index is 2.77. The standard InChI is InChI=1S/C4H3N3O3/c1-10-3(8)2-5-4(9)7-6-2/h1H3. The molecule has 6 nitrogen and oxygen atoms in total. The van der Waals surface area contributed by atoms with Gasteiger partial charge in [0.25, 0.3) is 5.84 Å². The molecule has 10 heavy (non-hydrogen) atoms. The van der Waals surface area contributed by atoms with Crippen LogP contribution in [0.3, 0.4) is 0 Å². The molecular weight excluding hydrogens is 138 g/mol. The Hall–Kier alpha value is -1.59. The van der Waals surface area contributed by atoms with Gasteiger partial charge in [0.1, 0.15) is 0 Å². The smallest absolute Gasteiger partial charge is 0.388 e. The van der Waals surface area contributed by atoms with Crippen LogP contribution in [0.15, 0.2) is 15.2 Å². The summed E-state index contributed by atoms with van der Waals surface area (Å²) in [4.78, 5) is 23.8. The van der Waals surface area contributed by atoms with Crippen molar-refractivity contribution in [3.8, 4) is 0 Å². The third kappa shape index (κ3) is 1.04. The van der Waals surface area contributed by atoms with Gasteiger partial charge in [-0.2, -0.15) is 4.99 Å². The minimum atomic E-state index is -0.777. The third-order valence-corrected chi connectivity index (χ3v) is 0.800. The number of methoxy groups -OCH3 is 1. The molecule has 1 rings (SSSR count). The van der Waals surface area contributed by atoms with E-state index in [9.17, 15) is 9.59 Å². The first-order valence-corrected chi connectivity index (χ1v) is 2.37. The predicted octanol–water partition coefficient (Wildman–Crippen LogP) is 0.144. The van der Waals surface area contributed by atoms with E-state index < -0.39 is 12.0 Å². The van der Waals surface area contributed by atoms with E-state index in [0.29, 0.717) is 0 Å². The van der Waals surface area contributed by atoms with Gasteiger partial charge >= 0.3 is 12.0 Å². The van der Waals surface area contributed by atoms with Gasteiger partial charge in [-0.3, -0.25) is 0 Å². The van der Waals surface area contributed by atoms with E-state index in [1.807, 2.05) is 0 Å². The van der Waals surface area contributed by atoms with Gasteiger partial charge < -0.3 is 4.74 Å². The first-order chi connectivity index (χ1) is 4.74. The van der Waals surface area contributed by atoms with Gasteiger partial charge in [-0.1, -0.05) is 5.11 Å². The van der Waals surface area contributed by atoms with Gasteiger partial charge in [0.2, 0.25) is 0 Å². The number of amides is 2. The highest BCUT2D eigenvalue weighted by Crippen LogP contribution is 1.98. The summed E-state index contributed by atoms with van der Waals surface area (Å²) in [7, 11) is 1.17. The first-order valence-electron chi connectivity index (χ1n) is 2.37. The highest BCUT2D eigenvalue weighted by molar-refractivity contribution is 6.38. The normalized spacial score (nSPS) is 15.3. The summed E-state index contributed by atoms with van der Waals surface area (Å²) in [5.74, 6) is -1.05. The number of carbonyl (C=O) groups is 2. The van der Waals surface area contributed by atoms with E-state index >= 15 is 0 Å². The summed E-state index contributed by atoms with van der Waals surface area (Å²) in [5, 5.41) is 6.11. The van der Waals surface area contributed by atoms with Gasteiger partial charge in [0.15, 0.2) is 0 Å². The van der Waals surface area contributed by atoms with Gasteiger partial charge in [-0.15, -0.1) is 5.11 Å². The molecular formula is C4H3N3O3. The maximum absolute atomic E-state index is 10.5. The molecule has 0 bridgehead atoms. The minimum Gasteiger partial charge on any atom is -0.463 e. The molecule has 0 N–H and O–H groups in total. The number of esters is 1. The van der Waals surface area contributed by atoms with Crippen molar-refractivity contribution >= 4 is 17.8 Å². The Morgan fingerprint density at radius 2 is 2.20 bits per heavy atom. The van der Waals surface area contributed by atoms with E-state index in [2.05, 4.69) is 20.0 Å². The molecule has 1 aliphatic rings. The minimum absolute atomic E-state index is 0.299. The van der Waals surface area contributed by atoms with Crippen LogP contribution in [0.1, 0.15) is 0 Å². The number of hydrogen-bond acceptors (Lipinski definition) is 4. The van der Waals surface area contributed by atoms with Crippen molar-refractivity contribution in [1.82, 2.24) is 0 Å². The lowest BCUT2D eigenvalue weighted by molar-refractivity contribution is -0.132. The van der Waals surface area contributed by atoms with E-state index in [-0.39, 0.29) is 5.84 Å². The molecule has 0 unspecified atom stereocenters. The predicted molar refractivity (Wildman–Crippen MR) is 29.7 cm³/mol. The molecule has 0 atom stereocenters.